The first-order chi connectivity index (χ1) is 7.72. The highest BCUT2D eigenvalue weighted by Crippen LogP contribution is 2.08. The number of thioether (sulfide) groups is 1. The van der Waals surface area contributed by atoms with Gasteiger partial charge in [0.05, 0.1) is 0 Å². The molecule has 0 unspecified atom stereocenters. The maximum Gasteiger partial charge on any atom is 0.185 e. The Morgan fingerprint density at radius 3 is 3.06 bits per heavy atom. The second-order valence-corrected chi connectivity index (χ2v) is 4.39. The fourth-order valence-corrected chi connectivity index (χ4v) is 1.59. The van der Waals surface area contributed by atoms with Gasteiger partial charge in [-0.05, 0) is 18.2 Å². The van der Waals surface area contributed by atoms with Gasteiger partial charge in [0.25, 0.3) is 0 Å². The number of carbonyl (C=O) groups is 1. The lowest BCUT2D eigenvalue weighted by molar-refractivity contribution is -0.109. The van der Waals surface area contributed by atoms with Crippen molar-refractivity contribution in [2.24, 2.45) is 5.84 Å². The van der Waals surface area contributed by atoms with Crippen molar-refractivity contribution in [3.8, 4) is 11.8 Å². The predicted octanol–water partition coefficient (Wildman–Crippen LogP) is 1.99. The SMILES string of the molecule is CC(=O)SCCC#Cc1cccc(NN)c1. The summed E-state index contributed by atoms with van der Waals surface area (Å²) in [6.07, 6.45) is 0.713. The lowest BCUT2D eigenvalue weighted by Crippen LogP contribution is -2.06. The number of anilines is 1. The van der Waals surface area contributed by atoms with E-state index in [2.05, 4.69) is 17.3 Å². The van der Waals surface area contributed by atoms with Gasteiger partial charge in [-0.15, -0.1) is 0 Å². The Kier molecular flexibility index (Phi) is 5.48. The first kappa shape index (κ1) is 12.6. The standard InChI is InChI=1S/C12H14N2OS/c1-10(15)16-8-3-2-5-11-6-4-7-12(9-11)14-13/h4,6-7,9,14H,3,8,13H2,1H3. The molecule has 0 aliphatic rings. The normalized spacial score (nSPS) is 9.12. The Labute approximate surface area is 99.8 Å². The van der Waals surface area contributed by atoms with Crippen molar-refractivity contribution >= 4 is 22.6 Å². The number of nitrogens with one attached hydrogen (secondary N) is 1. The molecule has 84 valence electrons. The van der Waals surface area contributed by atoms with Gasteiger partial charge < -0.3 is 5.43 Å². The smallest absolute Gasteiger partial charge is 0.185 e. The average Bonchev–Trinajstić information content (AvgIpc) is 2.28. The van der Waals surface area contributed by atoms with Gasteiger partial charge in [0.2, 0.25) is 0 Å². The van der Waals surface area contributed by atoms with Crippen LogP contribution in [0.15, 0.2) is 24.3 Å². The molecule has 1 aromatic carbocycles. The molecular formula is C12H14N2OS. The highest BCUT2D eigenvalue weighted by molar-refractivity contribution is 8.13. The molecule has 3 N–H and O–H groups in total. The van der Waals surface area contributed by atoms with Crippen molar-refractivity contribution in [1.29, 1.82) is 0 Å². The van der Waals surface area contributed by atoms with Crippen LogP contribution in [-0.4, -0.2) is 10.9 Å². The van der Waals surface area contributed by atoms with Crippen LogP contribution in [0.2, 0.25) is 0 Å². The molecule has 0 heterocycles. The summed E-state index contributed by atoms with van der Waals surface area (Å²) in [5.74, 6) is 12.1. The Balaban J connectivity index is 2.46. The van der Waals surface area contributed by atoms with Crippen molar-refractivity contribution in [2.45, 2.75) is 13.3 Å². The van der Waals surface area contributed by atoms with Crippen LogP contribution in [0.5, 0.6) is 0 Å². The molecule has 0 spiro atoms. The molecule has 0 saturated heterocycles. The van der Waals surface area contributed by atoms with Crippen LogP contribution in [0.3, 0.4) is 0 Å². The summed E-state index contributed by atoms with van der Waals surface area (Å²) in [5, 5.41) is 0.135. The number of hydrogen-bond acceptors (Lipinski definition) is 4. The van der Waals surface area contributed by atoms with Crippen molar-refractivity contribution < 1.29 is 4.79 Å². The highest BCUT2D eigenvalue weighted by atomic mass is 32.2. The zero-order valence-corrected chi connectivity index (χ0v) is 9.93. The number of carbonyl (C=O) groups excluding carboxylic acids is 1. The van der Waals surface area contributed by atoms with Gasteiger partial charge in [0.15, 0.2) is 5.12 Å². The first-order valence-corrected chi connectivity index (χ1v) is 5.90. The third-order valence-electron chi connectivity index (χ3n) is 1.79. The van der Waals surface area contributed by atoms with Gasteiger partial charge in [-0.25, -0.2) is 0 Å². The topological polar surface area (TPSA) is 55.1 Å². The minimum Gasteiger partial charge on any atom is -0.324 e. The molecule has 0 amide bonds. The number of rotatable bonds is 3. The second kappa shape index (κ2) is 6.94. The lowest BCUT2D eigenvalue weighted by atomic mass is 10.2. The Morgan fingerprint density at radius 1 is 1.56 bits per heavy atom. The van der Waals surface area contributed by atoms with E-state index in [1.54, 1.807) is 6.92 Å². The molecule has 0 radical (unpaired) electrons. The average molecular weight is 234 g/mol. The predicted molar refractivity (Wildman–Crippen MR) is 68.9 cm³/mol. The van der Waals surface area contributed by atoms with Crippen molar-refractivity contribution in [1.82, 2.24) is 0 Å². The number of nitrogens with two attached hydrogens (primary N) is 1. The Hall–Kier alpha value is -1.44. The van der Waals surface area contributed by atoms with Crippen LogP contribution in [0.1, 0.15) is 18.9 Å². The van der Waals surface area contributed by atoms with Crippen LogP contribution in [0, 0.1) is 11.8 Å². The van der Waals surface area contributed by atoms with Crippen LogP contribution in [0.4, 0.5) is 5.69 Å². The van der Waals surface area contributed by atoms with Crippen LogP contribution in [-0.2, 0) is 4.79 Å². The van der Waals surface area contributed by atoms with Gasteiger partial charge in [0, 0.05) is 30.3 Å². The van der Waals surface area contributed by atoms with E-state index in [1.165, 1.54) is 11.8 Å². The Morgan fingerprint density at radius 2 is 2.38 bits per heavy atom. The molecule has 0 aliphatic heterocycles. The molecule has 1 rings (SSSR count). The molecule has 0 fully saturated rings. The van der Waals surface area contributed by atoms with Crippen molar-refractivity contribution in [3.05, 3.63) is 29.8 Å². The van der Waals surface area contributed by atoms with Crippen molar-refractivity contribution in [2.75, 3.05) is 11.2 Å². The van der Waals surface area contributed by atoms with Crippen LogP contribution in [0.25, 0.3) is 0 Å². The molecule has 0 saturated carbocycles. The molecule has 0 aliphatic carbocycles. The van der Waals surface area contributed by atoms with Gasteiger partial charge in [-0.1, -0.05) is 29.7 Å². The summed E-state index contributed by atoms with van der Waals surface area (Å²) in [5.41, 5.74) is 4.32. The number of hydrogen-bond donors (Lipinski definition) is 2. The molecule has 16 heavy (non-hydrogen) atoms. The fourth-order valence-electron chi connectivity index (χ4n) is 1.10. The van der Waals surface area contributed by atoms with Crippen LogP contribution < -0.4 is 11.3 Å². The van der Waals surface area contributed by atoms with E-state index < -0.39 is 0 Å². The van der Waals surface area contributed by atoms with E-state index in [0.29, 0.717) is 6.42 Å². The molecular weight excluding hydrogens is 220 g/mol. The third kappa shape index (κ3) is 4.87. The summed E-state index contributed by atoms with van der Waals surface area (Å²) in [6, 6.07) is 7.57. The van der Waals surface area contributed by atoms with Gasteiger partial charge in [-0.2, -0.15) is 0 Å². The Bertz CT molecular complexity index is 421. The van der Waals surface area contributed by atoms with E-state index in [0.717, 1.165) is 17.0 Å². The molecule has 3 nitrogen and oxygen atoms in total. The zero-order valence-electron chi connectivity index (χ0n) is 9.12. The summed E-state index contributed by atoms with van der Waals surface area (Å²) in [7, 11) is 0. The van der Waals surface area contributed by atoms with E-state index in [9.17, 15) is 4.79 Å². The first-order valence-electron chi connectivity index (χ1n) is 4.91. The zero-order chi connectivity index (χ0) is 11.8. The molecule has 0 bridgehead atoms. The number of benzene rings is 1. The summed E-state index contributed by atoms with van der Waals surface area (Å²) >= 11 is 1.30. The van der Waals surface area contributed by atoms with Crippen LogP contribution >= 0.6 is 11.8 Å². The fraction of sp³-hybridized carbons (Fsp3) is 0.250. The summed E-state index contributed by atoms with van der Waals surface area (Å²) in [6.45, 7) is 1.56. The van der Waals surface area contributed by atoms with E-state index in [-0.39, 0.29) is 5.12 Å². The molecule has 1 aromatic rings. The maximum atomic E-state index is 10.7. The molecule has 0 aromatic heterocycles. The largest absolute Gasteiger partial charge is 0.324 e. The van der Waals surface area contributed by atoms with Crippen molar-refractivity contribution in [3.63, 3.8) is 0 Å². The van der Waals surface area contributed by atoms with Gasteiger partial charge in [-0.3, -0.25) is 10.6 Å². The van der Waals surface area contributed by atoms with Gasteiger partial charge >= 0.3 is 0 Å². The lowest BCUT2D eigenvalue weighted by Gasteiger charge is -1.98. The summed E-state index contributed by atoms with van der Waals surface area (Å²) in [4.78, 5) is 10.7. The minimum atomic E-state index is 0.135. The van der Waals surface area contributed by atoms with E-state index in [4.69, 9.17) is 5.84 Å². The molecule has 4 heteroatoms. The molecule has 0 atom stereocenters. The summed E-state index contributed by atoms with van der Waals surface area (Å²) < 4.78 is 0. The quantitative estimate of drug-likeness (QED) is 0.363. The van der Waals surface area contributed by atoms with Gasteiger partial charge in [0.1, 0.15) is 0 Å². The second-order valence-electron chi connectivity index (χ2n) is 3.12. The third-order valence-corrected chi connectivity index (χ3v) is 2.61. The number of nitrogen functional groups attached to an aromatic ring is 1. The highest BCUT2D eigenvalue weighted by Gasteiger charge is 1.91. The maximum absolute atomic E-state index is 10.7. The monoisotopic (exact) mass is 234 g/mol. The number of hydrazine groups is 1. The van der Waals surface area contributed by atoms with E-state index in [1.807, 2.05) is 24.3 Å². The van der Waals surface area contributed by atoms with E-state index >= 15 is 0 Å². The minimum absolute atomic E-state index is 0.135.